The minimum atomic E-state index is 0. The summed E-state index contributed by atoms with van der Waals surface area (Å²) in [5.41, 5.74) is 0. The van der Waals surface area contributed by atoms with Gasteiger partial charge in [-0.25, -0.2) is 0 Å². The first-order valence-corrected chi connectivity index (χ1v) is 7.14. The van der Waals surface area contributed by atoms with Crippen molar-refractivity contribution in [2.45, 2.75) is 13.8 Å². The minimum Gasteiger partial charge on any atom is -0.358 e. The van der Waals surface area contributed by atoms with Gasteiger partial charge in [0.25, 0.3) is 0 Å². The van der Waals surface area contributed by atoms with Crippen LogP contribution in [0.15, 0.2) is 84.9 Å². The molecule has 0 nitrogen and oxygen atoms in total. The van der Waals surface area contributed by atoms with E-state index >= 15 is 0 Å². The van der Waals surface area contributed by atoms with Crippen LogP contribution in [0.2, 0.25) is 0 Å². The third kappa shape index (κ3) is 9.56. The third-order valence-corrected chi connectivity index (χ3v) is 3.10. The fourth-order valence-electron chi connectivity index (χ4n) is 2.14. The van der Waals surface area contributed by atoms with Crippen LogP contribution in [0.4, 0.5) is 0 Å². The molecule has 4 aromatic carbocycles. The number of hydrogen-bond donors (Lipinski definition) is 0. The van der Waals surface area contributed by atoms with Crippen LogP contribution in [0.25, 0.3) is 21.5 Å². The van der Waals surface area contributed by atoms with Crippen molar-refractivity contribution in [3.05, 3.63) is 92.4 Å². The normalized spacial score (nSPS) is 7.60. The molecule has 0 saturated heterocycles. The van der Waals surface area contributed by atoms with Crippen LogP contribution < -0.4 is 0 Å². The number of hydrogen-bond acceptors (Lipinski definition) is 0. The predicted octanol–water partition coefficient (Wildman–Crippen LogP) is 7.05. The van der Waals surface area contributed by atoms with Crippen LogP contribution in [0.5, 0.6) is 0 Å². The van der Waals surface area contributed by atoms with Crippen molar-refractivity contribution in [3.8, 4) is 0 Å². The first-order valence-electron chi connectivity index (χ1n) is 7.14. The number of benzene rings is 2. The van der Waals surface area contributed by atoms with Crippen LogP contribution in [0.1, 0.15) is 13.8 Å². The van der Waals surface area contributed by atoms with Crippen LogP contribution in [0.3, 0.4) is 0 Å². The fraction of sp³-hybridized carbons (Fsp3) is 0.0952. The molecule has 0 aliphatic heterocycles. The summed E-state index contributed by atoms with van der Waals surface area (Å²) in [6.07, 6.45) is 0. The molecule has 131 valence electrons. The molecule has 0 amide bonds. The SMILES string of the molecule is CC.Cl.Cl.[CH3-].[Si].[Zr+3].c1ccc2[cH-]ccc2c1.c1ccc2[cH-]ccc2c1. The van der Waals surface area contributed by atoms with Gasteiger partial charge in [0.15, 0.2) is 0 Å². The van der Waals surface area contributed by atoms with Gasteiger partial charge in [0.05, 0.1) is 0 Å². The fourth-order valence-corrected chi connectivity index (χ4v) is 2.14. The Morgan fingerprint density at radius 2 is 0.920 bits per heavy atom. The smallest absolute Gasteiger partial charge is 0.358 e. The van der Waals surface area contributed by atoms with Gasteiger partial charge in [-0.2, -0.15) is 35.0 Å². The molecule has 4 aromatic rings. The van der Waals surface area contributed by atoms with Crippen molar-refractivity contribution in [2.75, 3.05) is 0 Å². The molecule has 0 atom stereocenters. The van der Waals surface area contributed by atoms with Crippen LogP contribution in [-0.2, 0) is 26.2 Å². The predicted molar refractivity (Wildman–Crippen MR) is 117 cm³/mol. The Morgan fingerprint density at radius 1 is 0.600 bits per heavy atom. The molecule has 4 heteroatoms. The first-order chi connectivity index (χ1) is 9.93. The van der Waals surface area contributed by atoms with Crippen LogP contribution in [-0.4, -0.2) is 11.0 Å². The second kappa shape index (κ2) is 18.1. The molecule has 0 heterocycles. The summed E-state index contributed by atoms with van der Waals surface area (Å²) in [6, 6.07) is 29.3. The molecule has 0 bridgehead atoms. The van der Waals surface area contributed by atoms with Gasteiger partial charge in [-0.1, -0.05) is 26.0 Å². The van der Waals surface area contributed by atoms with Gasteiger partial charge in [0, 0.05) is 11.0 Å². The summed E-state index contributed by atoms with van der Waals surface area (Å²) in [5.74, 6) is 0. The van der Waals surface area contributed by atoms with E-state index in [2.05, 4.69) is 84.9 Å². The molecule has 0 fully saturated rings. The Bertz CT molecular complexity index is 636. The Hall–Kier alpha value is -0.660. The number of rotatable bonds is 0. The zero-order valence-electron chi connectivity index (χ0n) is 14.9. The Morgan fingerprint density at radius 3 is 1.24 bits per heavy atom. The largest absolute Gasteiger partial charge is 3.00 e. The van der Waals surface area contributed by atoms with E-state index in [4.69, 9.17) is 0 Å². The maximum atomic E-state index is 2.12. The zero-order chi connectivity index (χ0) is 14.2. The van der Waals surface area contributed by atoms with E-state index in [1.807, 2.05) is 13.8 Å². The molecule has 0 unspecified atom stereocenters. The maximum Gasteiger partial charge on any atom is 3.00 e. The maximum absolute atomic E-state index is 2.12. The summed E-state index contributed by atoms with van der Waals surface area (Å²) in [6.45, 7) is 4.00. The summed E-state index contributed by atoms with van der Waals surface area (Å²) >= 11 is 0. The van der Waals surface area contributed by atoms with Crippen molar-refractivity contribution < 1.29 is 26.2 Å². The summed E-state index contributed by atoms with van der Waals surface area (Å²) < 4.78 is 0. The standard InChI is InChI=1S/2C9H7.C2H6.CH3.2ClH.Si.Zr/c2*1-2-5-9-7-3-6-8(9)4-1;1-2;;;;;/h2*1-7H;1-2H3;1H3;2*1H;;/q2*-1;;-1;;;;+3. The molecule has 0 N–H and O–H groups in total. The number of fused-ring (bicyclic) bond motifs is 2. The minimum absolute atomic E-state index is 0. The molecule has 0 spiro atoms. The van der Waals surface area contributed by atoms with Crippen molar-refractivity contribution in [1.82, 2.24) is 0 Å². The Balaban J connectivity index is -0.000000136. The summed E-state index contributed by atoms with van der Waals surface area (Å²) in [4.78, 5) is 0. The van der Waals surface area contributed by atoms with E-state index in [1.54, 1.807) is 0 Å². The molecule has 0 aliphatic carbocycles. The molecular weight excluding hydrogens is 442 g/mol. The van der Waals surface area contributed by atoms with Gasteiger partial charge < -0.3 is 7.43 Å². The molecule has 0 aromatic heterocycles. The van der Waals surface area contributed by atoms with Gasteiger partial charge >= 0.3 is 26.2 Å². The van der Waals surface area contributed by atoms with Gasteiger partial charge in [0.1, 0.15) is 0 Å². The molecule has 0 aliphatic rings. The summed E-state index contributed by atoms with van der Waals surface area (Å²) in [5, 5.41) is 5.32. The monoisotopic (exact) mass is 465 g/mol. The third-order valence-electron chi connectivity index (χ3n) is 3.10. The van der Waals surface area contributed by atoms with Crippen molar-refractivity contribution in [3.63, 3.8) is 0 Å². The molecule has 25 heavy (non-hydrogen) atoms. The van der Waals surface area contributed by atoms with E-state index in [0.29, 0.717) is 0 Å². The molecule has 4 rings (SSSR count). The molecule has 0 saturated carbocycles. The Kier molecular flexibility index (Phi) is 23.3. The van der Waals surface area contributed by atoms with Crippen LogP contribution >= 0.6 is 24.8 Å². The van der Waals surface area contributed by atoms with Crippen LogP contribution in [0, 0.1) is 7.43 Å². The quantitative estimate of drug-likeness (QED) is 0.192. The van der Waals surface area contributed by atoms with Gasteiger partial charge in [0.2, 0.25) is 0 Å². The zero-order valence-corrected chi connectivity index (χ0v) is 20.0. The molecular formula is C21H25Cl2SiZr. The van der Waals surface area contributed by atoms with Gasteiger partial charge in [-0.05, 0) is 0 Å². The van der Waals surface area contributed by atoms with Crippen molar-refractivity contribution in [2.24, 2.45) is 0 Å². The van der Waals surface area contributed by atoms with E-state index < -0.39 is 0 Å². The van der Waals surface area contributed by atoms with E-state index in [9.17, 15) is 0 Å². The Labute approximate surface area is 188 Å². The molecule has 5 radical (unpaired) electrons. The number of halogens is 2. The van der Waals surface area contributed by atoms with Gasteiger partial charge in [-0.3, -0.25) is 0 Å². The van der Waals surface area contributed by atoms with Crippen molar-refractivity contribution in [1.29, 1.82) is 0 Å². The van der Waals surface area contributed by atoms with E-state index in [1.165, 1.54) is 21.5 Å². The first kappa shape index (κ1) is 32.0. The second-order valence-corrected chi connectivity index (χ2v) is 4.31. The average molecular weight is 468 g/mol. The summed E-state index contributed by atoms with van der Waals surface area (Å²) in [7, 11) is 0. The topological polar surface area (TPSA) is 0 Å². The van der Waals surface area contributed by atoms with E-state index in [-0.39, 0.29) is 69.4 Å². The van der Waals surface area contributed by atoms with Crippen molar-refractivity contribution >= 4 is 57.3 Å². The van der Waals surface area contributed by atoms with E-state index in [0.717, 1.165) is 0 Å². The average Bonchev–Trinajstić information content (AvgIpc) is 3.18. The van der Waals surface area contributed by atoms with Gasteiger partial charge in [-0.15, -0.1) is 84.1 Å². The second-order valence-electron chi connectivity index (χ2n) is 4.31.